The molecule has 4 rings (SSSR count). The van der Waals surface area contributed by atoms with E-state index in [-0.39, 0.29) is 12.3 Å². The molecule has 2 aromatic carbocycles. The number of nitrogens with one attached hydrogen (secondary N) is 1. The molecule has 0 bridgehead atoms. The molecule has 5 nitrogen and oxygen atoms in total. The third kappa shape index (κ3) is 3.88. The maximum absolute atomic E-state index is 12.4. The lowest BCUT2D eigenvalue weighted by Gasteiger charge is -2.12. The molecule has 27 heavy (non-hydrogen) atoms. The Balaban J connectivity index is 1.43. The summed E-state index contributed by atoms with van der Waals surface area (Å²) >= 11 is 6.30. The molecule has 1 aliphatic rings. The first-order valence-electron chi connectivity index (χ1n) is 8.91. The molecule has 0 atom stereocenters. The van der Waals surface area contributed by atoms with Crippen LogP contribution < -0.4 is 14.8 Å². The summed E-state index contributed by atoms with van der Waals surface area (Å²) in [5, 5.41) is 4.39. The quantitative estimate of drug-likeness (QED) is 0.722. The van der Waals surface area contributed by atoms with Gasteiger partial charge in [0, 0.05) is 23.9 Å². The molecule has 1 aliphatic heterocycles. The summed E-state index contributed by atoms with van der Waals surface area (Å²) in [6, 6.07) is 9.63. The smallest absolute Gasteiger partial charge is 0.224 e. The van der Waals surface area contributed by atoms with Gasteiger partial charge in [0.05, 0.1) is 30.9 Å². The van der Waals surface area contributed by atoms with Gasteiger partial charge < -0.3 is 19.2 Å². The van der Waals surface area contributed by atoms with Gasteiger partial charge in [-0.3, -0.25) is 4.79 Å². The van der Waals surface area contributed by atoms with Crippen LogP contribution in [0, 0.1) is 6.92 Å². The van der Waals surface area contributed by atoms with Gasteiger partial charge in [-0.2, -0.15) is 0 Å². The van der Waals surface area contributed by atoms with Gasteiger partial charge in [0.15, 0.2) is 11.5 Å². The van der Waals surface area contributed by atoms with Crippen molar-refractivity contribution in [1.29, 1.82) is 0 Å². The van der Waals surface area contributed by atoms with Crippen LogP contribution in [0.15, 0.2) is 41.0 Å². The Kier molecular flexibility index (Phi) is 4.94. The van der Waals surface area contributed by atoms with E-state index in [0.717, 1.165) is 34.1 Å². The summed E-state index contributed by atoms with van der Waals surface area (Å²) < 4.78 is 16.9. The number of carbonyl (C=O) groups excluding carboxylic acids is 1. The Morgan fingerprint density at radius 3 is 2.93 bits per heavy atom. The molecule has 0 saturated carbocycles. The molecular formula is C21H20ClNO4. The van der Waals surface area contributed by atoms with Crippen LogP contribution in [0.5, 0.6) is 11.5 Å². The average molecular weight is 386 g/mol. The van der Waals surface area contributed by atoms with Crippen LogP contribution in [0.3, 0.4) is 0 Å². The number of amides is 1. The SMILES string of the molecule is Cc1ccc2c(CC(=O)NCc3cc(Cl)c4c(c3)OCCCO4)coc2c1. The lowest BCUT2D eigenvalue weighted by atomic mass is 10.1. The van der Waals surface area contributed by atoms with Gasteiger partial charge in [-0.05, 0) is 36.2 Å². The topological polar surface area (TPSA) is 60.7 Å². The molecule has 3 aromatic rings. The number of benzene rings is 2. The highest BCUT2D eigenvalue weighted by molar-refractivity contribution is 6.32. The number of carbonyl (C=O) groups is 1. The molecule has 0 radical (unpaired) electrons. The van der Waals surface area contributed by atoms with E-state index < -0.39 is 0 Å². The normalized spacial score (nSPS) is 13.4. The lowest BCUT2D eigenvalue weighted by molar-refractivity contribution is -0.120. The van der Waals surface area contributed by atoms with E-state index in [9.17, 15) is 4.79 Å². The van der Waals surface area contributed by atoms with E-state index in [1.165, 1.54) is 0 Å². The maximum Gasteiger partial charge on any atom is 0.224 e. The van der Waals surface area contributed by atoms with E-state index >= 15 is 0 Å². The van der Waals surface area contributed by atoms with Gasteiger partial charge in [-0.15, -0.1) is 0 Å². The molecule has 0 saturated heterocycles. The molecule has 0 fully saturated rings. The highest BCUT2D eigenvalue weighted by atomic mass is 35.5. The molecule has 1 amide bonds. The van der Waals surface area contributed by atoms with Crippen molar-refractivity contribution < 1.29 is 18.7 Å². The van der Waals surface area contributed by atoms with Crippen LogP contribution in [-0.2, 0) is 17.8 Å². The van der Waals surface area contributed by atoms with Crippen LogP contribution >= 0.6 is 11.6 Å². The van der Waals surface area contributed by atoms with E-state index in [0.29, 0.717) is 36.3 Å². The monoisotopic (exact) mass is 385 g/mol. The fourth-order valence-electron chi connectivity index (χ4n) is 3.15. The second kappa shape index (κ2) is 7.53. The summed E-state index contributed by atoms with van der Waals surface area (Å²) in [6.07, 6.45) is 2.72. The minimum Gasteiger partial charge on any atom is -0.489 e. The summed E-state index contributed by atoms with van der Waals surface area (Å²) in [7, 11) is 0. The number of aryl methyl sites for hydroxylation is 1. The number of hydrogen-bond donors (Lipinski definition) is 1. The summed E-state index contributed by atoms with van der Waals surface area (Å²) in [5.74, 6) is 1.12. The van der Waals surface area contributed by atoms with E-state index in [1.54, 1.807) is 12.3 Å². The highest BCUT2D eigenvalue weighted by Crippen LogP contribution is 2.38. The minimum absolute atomic E-state index is 0.0819. The van der Waals surface area contributed by atoms with Crippen molar-refractivity contribution in [3.05, 3.63) is 58.3 Å². The number of fused-ring (bicyclic) bond motifs is 2. The van der Waals surface area contributed by atoms with Crippen molar-refractivity contribution in [2.45, 2.75) is 26.3 Å². The zero-order chi connectivity index (χ0) is 18.8. The summed E-state index contributed by atoms with van der Waals surface area (Å²) in [6.45, 7) is 3.55. The van der Waals surface area contributed by atoms with Crippen molar-refractivity contribution in [1.82, 2.24) is 5.32 Å². The van der Waals surface area contributed by atoms with Crippen LogP contribution in [0.2, 0.25) is 5.02 Å². The molecule has 1 N–H and O–H groups in total. The predicted octanol–water partition coefficient (Wildman–Crippen LogP) is 4.41. The number of furan rings is 1. The Bertz CT molecular complexity index is 995. The Hall–Kier alpha value is -2.66. The van der Waals surface area contributed by atoms with Gasteiger partial charge in [-0.25, -0.2) is 0 Å². The minimum atomic E-state index is -0.0819. The first kappa shape index (κ1) is 17.7. The van der Waals surface area contributed by atoms with Crippen molar-refractivity contribution >= 4 is 28.5 Å². The van der Waals surface area contributed by atoms with Crippen molar-refractivity contribution in [2.75, 3.05) is 13.2 Å². The molecular weight excluding hydrogens is 366 g/mol. The van der Waals surface area contributed by atoms with Gasteiger partial charge in [0.2, 0.25) is 5.91 Å². The van der Waals surface area contributed by atoms with Crippen LogP contribution in [0.4, 0.5) is 0 Å². The van der Waals surface area contributed by atoms with E-state index in [4.69, 9.17) is 25.5 Å². The lowest BCUT2D eigenvalue weighted by Crippen LogP contribution is -2.24. The van der Waals surface area contributed by atoms with Gasteiger partial charge in [0.25, 0.3) is 0 Å². The third-order valence-electron chi connectivity index (χ3n) is 4.51. The molecule has 6 heteroatoms. The third-order valence-corrected chi connectivity index (χ3v) is 4.79. The second-order valence-electron chi connectivity index (χ2n) is 6.67. The molecule has 0 unspecified atom stereocenters. The first-order chi connectivity index (χ1) is 13.1. The van der Waals surface area contributed by atoms with Crippen LogP contribution in [0.1, 0.15) is 23.1 Å². The summed E-state index contributed by atoms with van der Waals surface area (Å²) in [4.78, 5) is 12.4. The second-order valence-corrected chi connectivity index (χ2v) is 7.08. The Morgan fingerprint density at radius 2 is 2.04 bits per heavy atom. The van der Waals surface area contributed by atoms with E-state index in [1.807, 2.05) is 31.2 Å². The summed E-state index contributed by atoms with van der Waals surface area (Å²) in [5.41, 5.74) is 3.66. The fourth-order valence-corrected chi connectivity index (χ4v) is 3.44. The number of ether oxygens (including phenoxy) is 2. The highest BCUT2D eigenvalue weighted by Gasteiger charge is 2.16. The zero-order valence-electron chi connectivity index (χ0n) is 15.0. The Morgan fingerprint density at radius 1 is 1.19 bits per heavy atom. The fraction of sp³-hybridized carbons (Fsp3) is 0.286. The Labute approximate surface area is 162 Å². The van der Waals surface area contributed by atoms with Gasteiger partial charge >= 0.3 is 0 Å². The molecule has 140 valence electrons. The molecule has 1 aromatic heterocycles. The van der Waals surface area contributed by atoms with Gasteiger partial charge in [0.1, 0.15) is 5.58 Å². The van der Waals surface area contributed by atoms with E-state index in [2.05, 4.69) is 5.32 Å². The maximum atomic E-state index is 12.4. The van der Waals surface area contributed by atoms with Crippen molar-refractivity contribution in [3.8, 4) is 11.5 Å². The standard InChI is InChI=1S/C21H20ClNO4/c1-13-3-4-16-15(12-27-18(16)7-13)10-20(24)23-11-14-8-17(22)21-19(9-14)25-5-2-6-26-21/h3-4,7-9,12H,2,5-6,10-11H2,1H3,(H,23,24). The number of hydrogen-bond acceptors (Lipinski definition) is 4. The van der Waals surface area contributed by atoms with Crippen molar-refractivity contribution in [2.24, 2.45) is 0 Å². The van der Waals surface area contributed by atoms with Crippen molar-refractivity contribution in [3.63, 3.8) is 0 Å². The number of halogens is 1. The molecule has 0 aliphatic carbocycles. The van der Waals surface area contributed by atoms with Gasteiger partial charge in [-0.1, -0.05) is 23.7 Å². The average Bonchev–Trinajstić information content (AvgIpc) is 2.87. The zero-order valence-corrected chi connectivity index (χ0v) is 15.8. The number of rotatable bonds is 4. The largest absolute Gasteiger partial charge is 0.489 e. The molecule has 2 heterocycles. The first-order valence-corrected chi connectivity index (χ1v) is 9.29. The van der Waals surface area contributed by atoms with Crippen LogP contribution in [-0.4, -0.2) is 19.1 Å². The molecule has 0 spiro atoms. The van der Waals surface area contributed by atoms with Crippen LogP contribution in [0.25, 0.3) is 11.0 Å². The predicted molar refractivity (Wildman–Crippen MR) is 104 cm³/mol.